The van der Waals surface area contributed by atoms with Crippen molar-refractivity contribution < 1.29 is 5.11 Å². The molecule has 1 saturated heterocycles. The van der Waals surface area contributed by atoms with Crippen molar-refractivity contribution in [1.82, 2.24) is 4.90 Å². The number of nitrogens with zero attached hydrogens (tertiary/aromatic N) is 1. The van der Waals surface area contributed by atoms with Crippen LogP contribution in [0.2, 0.25) is 0 Å². The molecule has 0 aromatic carbocycles. The zero-order valence-electron chi connectivity index (χ0n) is 9.00. The van der Waals surface area contributed by atoms with E-state index < -0.39 is 0 Å². The highest BCUT2D eigenvalue weighted by Crippen LogP contribution is 2.16. The largest absolute Gasteiger partial charge is 0.396 e. The molecule has 0 aromatic rings. The van der Waals surface area contributed by atoms with Crippen LogP contribution in [0.5, 0.6) is 0 Å². The zero-order chi connectivity index (χ0) is 9.68. The first-order chi connectivity index (χ1) is 6.25. The molecule has 0 saturated carbocycles. The Balaban J connectivity index is 2.38. The Hall–Kier alpha value is -0.0800. The fourth-order valence-electron chi connectivity index (χ4n) is 2.01. The Kier molecular flexibility index (Phi) is 4.74. The van der Waals surface area contributed by atoms with Crippen molar-refractivity contribution in [3.8, 4) is 0 Å². The molecule has 0 aliphatic carbocycles. The molecule has 0 bridgehead atoms. The molecule has 1 N–H and O–H groups in total. The van der Waals surface area contributed by atoms with Gasteiger partial charge in [-0.15, -0.1) is 0 Å². The summed E-state index contributed by atoms with van der Waals surface area (Å²) < 4.78 is 0. The van der Waals surface area contributed by atoms with Crippen molar-refractivity contribution in [2.45, 2.75) is 45.6 Å². The summed E-state index contributed by atoms with van der Waals surface area (Å²) in [6.45, 7) is 7.15. The molecule has 0 aromatic heterocycles. The van der Waals surface area contributed by atoms with Crippen LogP contribution in [-0.4, -0.2) is 35.7 Å². The molecular formula is C11H23NO. The summed E-state index contributed by atoms with van der Waals surface area (Å²) in [5.41, 5.74) is 0. The van der Waals surface area contributed by atoms with Crippen molar-refractivity contribution in [1.29, 1.82) is 0 Å². The van der Waals surface area contributed by atoms with Crippen molar-refractivity contribution in [2.24, 2.45) is 5.92 Å². The second kappa shape index (κ2) is 5.61. The van der Waals surface area contributed by atoms with Gasteiger partial charge in [-0.2, -0.15) is 0 Å². The maximum atomic E-state index is 9.08. The number of hydrogen-bond donors (Lipinski definition) is 1. The fraction of sp³-hybridized carbons (Fsp3) is 1.00. The third-order valence-electron chi connectivity index (χ3n) is 3.33. The highest BCUT2D eigenvalue weighted by atomic mass is 16.3. The van der Waals surface area contributed by atoms with E-state index in [9.17, 15) is 0 Å². The van der Waals surface area contributed by atoms with E-state index >= 15 is 0 Å². The summed E-state index contributed by atoms with van der Waals surface area (Å²) in [5, 5.41) is 9.08. The minimum Gasteiger partial charge on any atom is -0.396 e. The lowest BCUT2D eigenvalue weighted by Crippen LogP contribution is -2.39. The van der Waals surface area contributed by atoms with Gasteiger partial charge in [0.15, 0.2) is 0 Å². The van der Waals surface area contributed by atoms with Crippen LogP contribution < -0.4 is 0 Å². The third kappa shape index (κ3) is 3.28. The van der Waals surface area contributed by atoms with Crippen LogP contribution in [0, 0.1) is 5.92 Å². The molecule has 1 heterocycles. The predicted octanol–water partition coefficient (Wildman–Crippen LogP) is 1.88. The lowest BCUT2D eigenvalue weighted by atomic mass is 10.0. The van der Waals surface area contributed by atoms with Gasteiger partial charge in [-0.25, -0.2) is 0 Å². The van der Waals surface area contributed by atoms with Gasteiger partial charge in [0.1, 0.15) is 0 Å². The molecule has 1 rings (SSSR count). The fourth-order valence-corrected chi connectivity index (χ4v) is 2.01. The number of rotatable bonds is 3. The van der Waals surface area contributed by atoms with Gasteiger partial charge in [0.25, 0.3) is 0 Å². The molecule has 1 aliphatic heterocycles. The van der Waals surface area contributed by atoms with E-state index in [0.717, 1.165) is 0 Å². The maximum Gasteiger partial charge on any atom is 0.0471 e. The molecule has 0 radical (unpaired) electrons. The first kappa shape index (κ1) is 11.0. The van der Waals surface area contributed by atoms with Crippen LogP contribution in [0.1, 0.15) is 39.5 Å². The molecule has 78 valence electrons. The molecule has 2 nitrogen and oxygen atoms in total. The highest BCUT2D eigenvalue weighted by molar-refractivity contribution is 4.74. The van der Waals surface area contributed by atoms with Crippen LogP contribution in [0.3, 0.4) is 0 Å². The normalized spacial score (nSPS) is 25.2. The molecule has 2 unspecified atom stereocenters. The Bertz CT molecular complexity index is 130. The van der Waals surface area contributed by atoms with E-state index in [-0.39, 0.29) is 0 Å². The highest BCUT2D eigenvalue weighted by Gasteiger charge is 2.19. The van der Waals surface area contributed by atoms with Gasteiger partial charge in [-0.05, 0) is 38.8 Å². The summed E-state index contributed by atoms with van der Waals surface area (Å²) in [5.74, 6) is 0.415. The predicted molar refractivity (Wildman–Crippen MR) is 55.8 cm³/mol. The molecule has 2 atom stereocenters. The minimum absolute atomic E-state index is 0.317. The van der Waals surface area contributed by atoms with Crippen LogP contribution in [0.4, 0.5) is 0 Å². The lowest BCUT2D eigenvalue weighted by Gasteiger charge is -2.31. The van der Waals surface area contributed by atoms with Crippen molar-refractivity contribution >= 4 is 0 Å². The average molecular weight is 185 g/mol. The van der Waals surface area contributed by atoms with Gasteiger partial charge in [-0.3, -0.25) is 0 Å². The monoisotopic (exact) mass is 185 g/mol. The molecule has 2 heteroatoms. The van der Waals surface area contributed by atoms with E-state index in [1.165, 1.54) is 38.8 Å². The number of hydrogen-bond acceptors (Lipinski definition) is 2. The Labute approximate surface area is 81.9 Å². The van der Waals surface area contributed by atoms with Crippen LogP contribution in [-0.2, 0) is 0 Å². The Morgan fingerprint density at radius 1 is 1.08 bits per heavy atom. The summed E-state index contributed by atoms with van der Waals surface area (Å²) in [7, 11) is 0. The smallest absolute Gasteiger partial charge is 0.0471 e. The number of aliphatic hydroxyl groups is 1. The van der Waals surface area contributed by atoms with Gasteiger partial charge in [0.05, 0.1) is 0 Å². The Morgan fingerprint density at radius 3 is 2.08 bits per heavy atom. The first-order valence-electron chi connectivity index (χ1n) is 5.60. The molecule has 0 spiro atoms. The second-order valence-electron chi connectivity index (χ2n) is 4.35. The van der Waals surface area contributed by atoms with Gasteiger partial charge in [0.2, 0.25) is 0 Å². The van der Waals surface area contributed by atoms with Crippen LogP contribution >= 0.6 is 0 Å². The topological polar surface area (TPSA) is 23.5 Å². The summed E-state index contributed by atoms with van der Waals surface area (Å²) in [6, 6.07) is 0.545. The maximum absolute atomic E-state index is 9.08. The van der Waals surface area contributed by atoms with Crippen LogP contribution in [0.25, 0.3) is 0 Å². The molecule has 0 amide bonds. The summed E-state index contributed by atoms with van der Waals surface area (Å²) in [4.78, 5) is 2.54. The van der Waals surface area contributed by atoms with E-state index in [0.29, 0.717) is 18.6 Å². The summed E-state index contributed by atoms with van der Waals surface area (Å²) >= 11 is 0. The minimum atomic E-state index is 0.317. The second-order valence-corrected chi connectivity index (χ2v) is 4.35. The quantitative estimate of drug-likeness (QED) is 0.725. The number of likely N-dealkylation sites (tertiary alicyclic amines) is 1. The Morgan fingerprint density at radius 2 is 1.62 bits per heavy atom. The van der Waals surface area contributed by atoms with Gasteiger partial charge in [0, 0.05) is 12.6 Å². The summed E-state index contributed by atoms with van der Waals surface area (Å²) in [6.07, 6.45) is 5.44. The van der Waals surface area contributed by atoms with Crippen molar-refractivity contribution in [2.75, 3.05) is 19.7 Å². The molecule has 13 heavy (non-hydrogen) atoms. The SMILES string of the molecule is CC(CO)C(C)N1CCCCCC1. The number of aliphatic hydroxyl groups excluding tert-OH is 1. The molecular weight excluding hydrogens is 162 g/mol. The molecule has 1 fully saturated rings. The van der Waals surface area contributed by atoms with Gasteiger partial charge >= 0.3 is 0 Å². The van der Waals surface area contributed by atoms with Gasteiger partial charge < -0.3 is 10.0 Å². The van der Waals surface area contributed by atoms with E-state index in [1.807, 2.05) is 0 Å². The van der Waals surface area contributed by atoms with Crippen molar-refractivity contribution in [3.05, 3.63) is 0 Å². The van der Waals surface area contributed by atoms with Crippen molar-refractivity contribution in [3.63, 3.8) is 0 Å². The lowest BCUT2D eigenvalue weighted by molar-refractivity contribution is 0.120. The standard InChI is InChI=1S/C11H23NO/c1-10(9-13)11(2)12-7-5-3-4-6-8-12/h10-11,13H,3-9H2,1-2H3. The van der Waals surface area contributed by atoms with E-state index in [2.05, 4.69) is 18.7 Å². The van der Waals surface area contributed by atoms with E-state index in [1.54, 1.807) is 0 Å². The molecule has 1 aliphatic rings. The third-order valence-corrected chi connectivity index (χ3v) is 3.33. The zero-order valence-corrected chi connectivity index (χ0v) is 9.00. The first-order valence-corrected chi connectivity index (χ1v) is 5.60. The van der Waals surface area contributed by atoms with Gasteiger partial charge in [-0.1, -0.05) is 19.8 Å². The average Bonchev–Trinajstić information content (AvgIpc) is 2.43. The van der Waals surface area contributed by atoms with E-state index in [4.69, 9.17) is 5.11 Å². The van der Waals surface area contributed by atoms with Crippen LogP contribution in [0.15, 0.2) is 0 Å².